The first-order valence-electron chi connectivity index (χ1n) is 7.20. The fourth-order valence-electron chi connectivity index (χ4n) is 2.99. The number of nitrogens with zero attached hydrogens (tertiary/aromatic N) is 2. The Hall–Kier alpha value is -1.87. The zero-order chi connectivity index (χ0) is 13.9. The van der Waals surface area contributed by atoms with Crippen molar-refractivity contribution in [3.63, 3.8) is 0 Å². The predicted molar refractivity (Wildman–Crippen MR) is 79.5 cm³/mol. The van der Waals surface area contributed by atoms with Crippen LogP contribution in [0.4, 0.5) is 0 Å². The molecular formula is C17H20N2O. The van der Waals surface area contributed by atoms with E-state index in [2.05, 4.69) is 41.1 Å². The van der Waals surface area contributed by atoms with Crippen LogP contribution in [0.25, 0.3) is 0 Å². The van der Waals surface area contributed by atoms with Crippen LogP contribution in [0.5, 0.6) is 5.75 Å². The molecule has 2 aromatic rings. The molecule has 0 fully saturated rings. The molecule has 0 spiro atoms. The zero-order valence-electron chi connectivity index (χ0n) is 11.8. The average Bonchev–Trinajstić information content (AvgIpc) is 2.47. The van der Waals surface area contributed by atoms with Crippen molar-refractivity contribution in [2.75, 3.05) is 6.54 Å². The fraction of sp³-hybridized carbons (Fsp3) is 0.353. The SMILES string of the molecule is CCC1CN(Cc2ccccc2)Cc2cc(O)cnc21. The maximum absolute atomic E-state index is 9.64. The lowest BCUT2D eigenvalue weighted by atomic mass is 9.92. The third-order valence-electron chi connectivity index (χ3n) is 3.99. The number of aromatic hydroxyl groups is 1. The van der Waals surface area contributed by atoms with E-state index in [0.29, 0.717) is 5.92 Å². The maximum atomic E-state index is 9.64. The van der Waals surface area contributed by atoms with Crippen LogP contribution < -0.4 is 0 Å². The number of hydrogen-bond acceptors (Lipinski definition) is 3. The van der Waals surface area contributed by atoms with Gasteiger partial charge in [-0.25, -0.2) is 0 Å². The second kappa shape index (κ2) is 5.63. The molecule has 1 N–H and O–H groups in total. The molecule has 0 aliphatic carbocycles. The van der Waals surface area contributed by atoms with E-state index in [0.717, 1.165) is 31.7 Å². The fourth-order valence-corrected chi connectivity index (χ4v) is 2.99. The summed E-state index contributed by atoms with van der Waals surface area (Å²) in [4.78, 5) is 6.87. The summed E-state index contributed by atoms with van der Waals surface area (Å²) < 4.78 is 0. The molecule has 2 heterocycles. The minimum atomic E-state index is 0.264. The van der Waals surface area contributed by atoms with Crippen molar-refractivity contribution in [3.8, 4) is 5.75 Å². The molecule has 3 heteroatoms. The first-order valence-corrected chi connectivity index (χ1v) is 7.20. The van der Waals surface area contributed by atoms with Gasteiger partial charge in [-0.15, -0.1) is 0 Å². The van der Waals surface area contributed by atoms with Gasteiger partial charge in [-0.3, -0.25) is 9.88 Å². The van der Waals surface area contributed by atoms with Crippen LogP contribution in [0.15, 0.2) is 42.6 Å². The van der Waals surface area contributed by atoms with Gasteiger partial charge in [0.05, 0.1) is 6.20 Å². The van der Waals surface area contributed by atoms with Crippen molar-refractivity contribution in [1.82, 2.24) is 9.88 Å². The van der Waals surface area contributed by atoms with Crippen LogP contribution in [0.3, 0.4) is 0 Å². The highest BCUT2D eigenvalue weighted by Crippen LogP contribution is 2.31. The molecule has 1 aliphatic heterocycles. The van der Waals surface area contributed by atoms with E-state index in [1.165, 1.54) is 11.1 Å². The summed E-state index contributed by atoms with van der Waals surface area (Å²) in [6, 6.07) is 12.4. The smallest absolute Gasteiger partial charge is 0.134 e. The number of pyridine rings is 1. The van der Waals surface area contributed by atoms with E-state index in [1.54, 1.807) is 6.20 Å². The number of fused-ring (bicyclic) bond motifs is 1. The monoisotopic (exact) mass is 268 g/mol. The summed E-state index contributed by atoms with van der Waals surface area (Å²) in [5.74, 6) is 0.725. The molecule has 0 radical (unpaired) electrons. The second-order valence-electron chi connectivity index (χ2n) is 5.50. The van der Waals surface area contributed by atoms with Crippen molar-refractivity contribution in [1.29, 1.82) is 0 Å². The Balaban J connectivity index is 1.83. The summed E-state index contributed by atoms with van der Waals surface area (Å²) >= 11 is 0. The van der Waals surface area contributed by atoms with Gasteiger partial charge >= 0.3 is 0 Å². The zero-order valence-corrected chi connectivity index (χ0v) is 11.8. The van der Waals surface area contributed by atoms with Gasteiger partial charge in [0.2, 0.25) is 0 Å². The third kappa shape index (κ3) is 2.68. The van der Waals surface area contributed by atoms with Crippen LogP contribution in [0.1, 0.15) is 36.1 Å². The lowest BCUT2D eigenvalue weighted by Crippen LogP contribution is -2.33. The van der Waals surface area contributed by atoms with E-state index in [9.17, 15) is 5.11 Å². The Bertz CT molecular complexity index is 583. The van der Waals surface area contributed by atoms with Gasteiger partial charge in [-0.2, -0.15) is 0 Å². The Morgan fingerprint density at radius 3 is 2.85 bits per heavy atom. The highest BCUT2D eigenvalue weighted by atomic mass is 16.3. The summed E-state index contributed by atoms with van der Waals surface area (Å²) in [5, 5.41) is 9.64. The molecule has 1 aromatic carbocycles. The molecule has 1 aliphatic rings. The molecule has 3 nitrogen and oxygen atoms in total. The standard InChI is InChI=1S/C17H20N2O/c1-2-14-11-19(10-13-6-4-3-5-7-13)12-15-8-16(20)9-18-17(14)15/h3-9,14,20H,2,10-12H2,1H3. The largest absolute Gasteiger partial charge is 0.506 e. The molecule has 3 rings (SSSR count). The Morgan fingerprint density at radius 2 is 2.10 bits per heavy atom. The normalized spacial score (nSPS) is 18.8. The van der Waals surface area contributed by atoms with Crippen LogP contribution >= 0.6 is 0 Å². The Labute approximate surface area is 119 Å². The number of aromatic nitrogens is 1. The molecular weight excluding hydrogens is 248 g/mol. The highest BCUT2D eigenvalue weighted by Gasteiger charge is 2.25. The summed E-state index contributed by atoms with van der Waals surface area (Å²) in [6.45, 7) is 5.06. The molecule has 0 amide bonds. The minimum Gasteiger partial charge on any atom is -0.506 e. The van der Waals surface area contributed by atoms with Crippen LogP contribution in [0, 0.1) is 0 Å². The molecule has 1 aromatic heterocycles. The number of hydrogen-bond donors (Lipinski definition) is 1. The van der Waals surface area contributed by atoms with Gasteiger partial charge < -0.3 is 5.11 Å². The molecule has 1 unspecified atom stereocenters. The van der Waals surface area contributed by atoms with Crippen molar-refractivity contribution in [2.45, 2.75) is 32.4 Å². The van der Waals surface area contributed by atoms with E-state index in [-0.39, 0.29) is 5.75 Å². The van der Waals surface area contributed by atoms with Gasteiger partial charge in [-0.05, 0) is 23.6 Å². The van der Waals surface area contributed by atoms with E-state index >= 15 is 0 Å². The topological polar surface area (TPSA) is 36.4 Å². The van der Waals surface area contributed by atoms with Crippen LogP contribution in [-0.4, -0.2) is 21.5 Å². The van der Waals surface area contributed by atoms with E-state index < -0.39 is 0 Å². The number of benzene rings is 1. The molecule has 0 saturated carbocycles. The van der Waals surface area contributed by atoms with Crippen molar-refractivity contribution < 1.29 is 5.11 Å². The van der Waals surface area contributed by atoms with Crippen molar-refractivity contribution in [3.05, 3.63) is 59.4 Å². The quantitative estimate of drug-likeness (QED) is 0.928. The molecule has 0 saturated heterocycles. The van der Waals surface area contributed by atoms with Gasteiger partial charge in [0, 0.05) is 31.2 Å². The molecule has 20 heavy (non-hydrogen) atoms. The summed E-state index contributed by atoms with van der Waals surface area (Å²) in [6.07, 6.45) is 2.64. The first-order chi connectivity index (χ1) is 9.76. The van der Waals surface area contributed by atoms with Crippen LogP contribution in [-0.2, 0) is 13.1 Å². The van der Waals surface area contributed by atoms with E-state index in [4.69, 9.17) is 0 Å². The molecule has 104 valence electrons. The summed E-state index contributed by atoms with van der Waals surface area (Å²) in [5.41, 5.74) is 3.66. The van der Waals surface area contributed by atoms with Crippen molar-refractivity contribution in [2.24, 2.45) is 0 Å². The van der Waals surface area contributed by atoms with Gasteiger partial charge in [0.1, 0.15) is 5.75 Å². The minimum absolute atomic E-state index is 0.264. The lowest BCUT2D eigenvalue weighted by Gasteiger charge is -2.33. The van der Waals surface area contributed by atoms with Gasteiger partial charge in [0.25, 0.3) is 0 Å². The van der Waals surface area contributed by atoms with Gasteiger partial charge in [0.15, 0.2) is 0 Å². The summed E-state index contributed by atoms with van der Waals surface area (Å²) in [7, 11) is 0. The predicted octanol–water partition coefficient (Wildman–Crippen LogP) is 3.30. The lowest BCUT2D eigenvalue weighted by molar-refractivity contribution is 0.215. The number of rotatable bonds is 3. The Morgan fingerprint density at radius 1 is 1.30 bits per heavy atom. The Kier molecular flexibility index (Phi) is 3.70. The average molecular weight is 268 g/mol. The first kappa shape index (κ1) is 13.1. The molecule has 0 bridgehead atoms. The second-order valence-corrected chi connectivity index (χ2v) is 5.50. The highest BCUT2D eigenvalue weighted by molar-refractivity contribution is 5.32. The maximum Gasteiger partial charge on any atom is 0.134 e. The molecule has 1 atom stereocenters. The van der Waals surface area contributed by atoms with E-state index in [1.807, 2.05) is 12.1 Å². The van der Waals surface area contributed by atoms with Crippen molar-refractivity contribution >= 4 is 0 Å². The van der Waals surface area contributed by atoms with Crippen LogP contribution in [0.2, 0.25) is 0 Å². The third-order valence-corrected chi connectivity index (χ3v) is 3.99. The van der Waals surface area contributed by atoms with Gasteiger partial charge in [-0.1, -0.05) is 37.3 Å².